The van der Waals surface area contributed by atoms with Crippen LogP contribution in [-0.2, 0) is 4.79 Å². The molecule has 0 aromatic heterocycles. The fourth-order valence-corrected chi connectivity index (χ4v) is 1.06. The molecule has 1 N–H and O–H groups in total. The third kappa shape index (κ3) is 2.15. The van der Waals surface area contributed by atoms with E-state index in [1.54, 1.807) is 4.90 Å². The van der Waals surface area contributed by atoms with Gasteiger partial charge in [0.15, 0.2) is 0 Å². The van der Waals surface area contributed by atoms with Gasteiger partial charge in [0.05, 0.1) is 6.61 Å². The van der Waals surface area contributed by atoms with Crippen LogP contribution in [0.15, 0.2) is 0 Å². The third-order valence-corrected chi connectivity index (χ3v) is 1.54. The molecule has 0 radical (unpaired) electrons. The average Bonchev–Trinajstić information content (AvgIpc) is 2.18. The molecule has 0 bridgehead atoms. The van der Waals surface area contributed by atoms with Crippen molar-refractivity contribution in [2.24, 2.45) is 0 Å². The highest BCUT2D eigenvalue weighted by Crippen LogP contribution is 2.07. The lowest BCUT2D eigenvalue weighted by molar-refractivity contribution is -0.128. The van der Waals surface area contributed by atoms with Crippen molar-refractivity contribution in [1.82, 2.24) is 4.90 Å². The van der Waals surface area contributed by atoms with Crippen LogP contribution >= 0.6 is 12.4 Å². The Hall–Kier alpha value is -0.280. The fourth-order valence-electron chi connectivity index (χ4n) is 1.06. The van der Waals surface area contributed by atoms with Gasteiger partial charge in [-0.15, -0.1) is 12.4 Å². The van der Waals surface area contributed by atoms with E-state index in [1.165, 1.54) is 0 Å². The minimum Gasteiger partial charge on any atom is -0.395 e. The van der Waals surface area contributed by atoms with Gasteiger partial charge in [-0.1, -0.05) is 0 Å². The van der Waals surface area contributed by atoms with Crippen LogP contribution in [0, 0.1) is 0 Å². The maximum absolute atomic E-state index is 10.8. The summed E-state index contributed by atoms with van der Waals surface area (Å²) in [4.78, 5) is 12.5. The highest BCUT2D eigenvalue weighted by Gasteiger charge is 2.18. The molecular weight excluding hydrogens is 154 g/mol. The number of carbonyl (C=O) groups excluding carboxylic acids is 1. The van der Waals surface area contributed by atoms with Gasteiger partial charge < -0.3 is 10.0 Å². The van der Waals surface area contributed by atoms with E-state index in [0.717, 1.165) is 13.0 Å². The second-order valence-corrected chi connectivity index (χ2v) is 2.21. The number of nitrogens with zero attached hydrogens (tertiary/aromatic N) is 1. The van der Waals surface area contributed by atoms with Gasteiger partial charge in [0.1, 0.15) is 0 Å². The van der Waals surface area contributed by atoms with Gasteiger partial charge in [-0.25, -0.2) is 0 Å². The van der Waals surface area contributed by atoms with E-state index in [2.05, 4.69) is 0 Å². The second-order valence-electron chi connectivity index (χ2n) is 2.21. The van der Waals surface area contributed by atoms with E-state index in [-0.39, 0.29) is 24.9 Å². The summed E-state index contributed by atoms with van der Waals surface area (Å²) in [5.41, 5.74) is 0. The minimum absolute atomic E-state index is 0. The molecule has 0 atom stereocenters. The van der Waals surface area contributed by atoms with Crippen LogP contribution in [0.1, 0.15) is 12.8 Å². The zero-order chi connectivity index (χ0) is 6.69. The lowest BCUT2D eigenvalue weighted by Crippen LogP contribution is -2.27. The molecule has 1 aliphatic heterocycles. The SMILES string of the molecule is Cl.O=C1CCCN1CCO. The van der Waals surface area contributed by atoms with Crippen LogP contribution in [0.2, 0.25) is 0 Å². The summed E-state index contributed by atoms with van der Waals surface area (Å²) < 4.78 is 0. The molecule has 1 heterocycles. The van der Waals surface area contributed by atoms with E-state index in [0.29, 0.717) is 13.0 Å². The van der Waals surface area contributed by atoms with Gasteiger partial charge >= 0.3 is 0 Å². The first-order chi connectivity index (χ1) is 4.34. The molecule has 1 rings (SSSR count). The predicted octanol–water partition coefficient (Wildman–Crippen LogP) is 0.0229. The van der Waals surface area contributed by atoms with Gasteiger partial charge in [0.25, 0.3) is 0 Å². The van der Waals surface area contributed by atoms with E-state index in [4.69, 9.17) is 5.11 Å². The number of aliphatic hydroxyl groups excluding tert-OH is 1. The Bertz CT molecular complexity index is 118. The van der Waals surface area contributed by atoms with Crippen LogP contribution in [0.25, 0.3) is 0 Å². The number of hydrogen-bond donors (Lipinski definition) is 1. The average molecular weight is 166 g/mol. The molecule has 0 saturated carbocycles. The molecule has 1 aliphatic rings. The van der Waals surface area contributed by atoms with Crippen LogP contribution in [-0.4, -0.2) is 35.6 Å². The largest absolute Gasteiger partial charge is 0.395 e. The van der Waals surface area contributed by atoms with E-state index in [9.17, 15) is 4.79 Å². The van der Waals surface area contributed by atoms with Crippen molar-refractivity contribution in [1.29, 1.82) is 0 Å². The van der Waals surface area contributed by atoms with Crippen molar-refractivity contribution in [2.45, 2.75) is 12.8 Å². The molecule has 4 heteroatoms. The fraction of sp³-hybridized carbons (Fsp3) is 0.833. The number of amides is 1. The van der Waals surface area contributed by atoms with Crippen molar-refractivity contribution in [2.75, 3.05) is 19.7 Å². The number of hydrogen-bond acceptors (Lipinski definition) is 2. The smallest absolute Gasteiger partial charge is 0.222 e. The van der Waals surface area contributed by atoms with Crippen LogP contribution in [0.4, 0.5) is 0 Å². The van der Waals surface area contributed by atoms with Crippen LogP contribution in [0.5, 0.6) is 0 Å². The summed E-state index contributed by atoms with van der Waals surface area (Å²) in [5.74, 6) is 0.184. The van der Waals surface area contributed by atoms with Crippen molar-refractivity contribution in [3.05, 3.63) is 0 Å². The molecule has 0 aromatic rings. The van der Waals surface area contributed by atoms with Crippen molar-refractivity contribution in [3.63, 3.8) is 0 Å². The molecule has 3 nitrogen and oxygen atoms in total. The first kappa shape index (κ1) is 9.72. The molecule has 0 unspecified atom stereocenters. The predicted molar refractivity (Wildman–Crippen MR) is 40.1 cm³/mol. The molecule has 1 fully saturated rings. The first-order valence-electron chi connectivity index (χ1n) is 3.23. The first-order valence-corrected chi connectivity index (χ1v) is 3.23. The normalized spacial score (nSPS) is 17.3. The number of rotatable bonds is 2. The van der Waals surface area contributed by atoms with Gasteiger partial charge in [-0.2, -0.15) is 0 Å². The Morgan fingerprint density at radius 2 is 2.30 bits per heavy atom. The highest BCUT2D eigenvalue weighted by molar-refractivity contribution is 5.85. The number of halogens is 1. The topological polar surface area (TPSA) is 40.5 Å². The highest BCUT2D eigenvalue weighted by atomic mass is 35.5. The van der Waals surface area contributed by atoms with Crippen LogP contribution < -0.4 is 0 Å². The van der Waals surface area contributed by atoms with Crippen LogP contribution in [0.3, 0.4) is 0 Å². The maximum Gasteiger partial charge on any atom is 0.222 e. The summed E-state index contributed by atoms with van der Waals surface area (Å²) in [6, 6.07) is 0. The molecule has 0 aliphatic carbocycles. The Kier molecular flexibility index (Phi) is 4.40. The quantitative estimate of drug-likeness (QED) is 0.627. The Morgan fingerprint density at radius 3 is 2.70 bits per heavy atom. The zero-order valence-electron chi connectivity index (χ0n) is 5.75. The summed E-state index contributed by atoms with van der Waals surface area (Å²) in [6.45, 7) is 1.43. The van der Waals surface area contributed by atoms with E-state index in [1.807, 2.05) is 0 Å². The molecule has 60 valence electrons. The maximum atomic E-state index is 10.8. The van der Waals surface area contributed by atoms with E-state index >= 15 is 0 Å². The molecule has 10 heavy (non-hydrogen) atoms. The number of likely N-dealkylation sites (tertiary alicyclic amines) is 1. The summed E-state index contributed by atoms with van der Waals surface area (Å²) in [6.07, 6.45) is 1.62. The molecule has 0 aromatic carbocycles. The van der Waals surface area contributed by atoms with Gasteiger partial charge in [-0.05, 0) is 6.42 Å². The molecular formula is C6H12ClNO2. The lowest BCUT2D eigenvalue weighted by atomic mass is 10.4. The number of aliphatic hydroxyl groups is 1. The molecule has 1 saturated heterocycles. The summed E-state index contributed by atoms with van der Waals surface area (Å²) in [5, 5.41) is 8.45. The monoisotopic (exact) mass is 165 g/mol. The molecule has 0 spiro atoms. The summed E-state index contributed by atoms with van der Waals surface area (Å²) in [7, 11) is 0. The van der Waals surface area contributed by atoms with Crippen molar-refractivity contribution >= 4 is 18.3 Å². The second kappa shape index (κ2) is 4.52. The standard InChI is InChI=1S/C6H11NO2.ClH/c8-5-4-7-3-1-2-6(7)9;/h8H,1-5H2;1H. The third-order valence-electron chi connectivity index (χ3n) is 1.54. The van der Waals surface area contributed by atoms with Crippen molar-refractivity contribution < 1.29 is 9.90 Å². The Morgan fingerprint density at radius 1 is 1.60 bits per heavy atom. The van der Waals surface area contributed by atoms with Gasteiger partial charge in [0, 0.05) is 19.5 Å². The molecule has 1 amide bonds. The Balaban J connectivity index is 0.000000810. The summed E-state index contributed by atoms with van der Waals surface area (Å²) >= 11 is 0. The van der Waals surface area contributed by atoms with Crippen molar-refractivity contribution in [3.8, 4) is 0 Å². The van der Waals surface area contributed by atoms with Gasteiger partial charge in [-0.3, -0.25) is 4.79 Å². The number of carbonyl (C=O) groups is 1. The zero-order valence-corrected chi connectivity index (χ0v) is 6.56. The lowest BCUT2D eigenvalue weighted by Gasteiger charge is -2.11. The Labute approximate surface area is 66.4 Å². The van der Waals surface area contributed by atoms with Gasteiger partial charge in [0.2, 0.25) is 5.91 Å². The minimum atomic E-state index is 0. The number of β-amino-alcohol motifs (C(OH)–C–C–N with tert-alkyl or cyclic N) is 1. The van der Waals surface area contributed by atoms with E-state index < -0.39 is 0 Å².